The number of alkyl carbamates (subject to hydrolysis) is 1. The maximum atomic E-state index is 11.1. The first-order valence-electron chi connectivity index (χ1n) is 6.24. The zero-order valence-electron chi connectivity index (χ0n) is 11.9. The molecule has 0 fully saturated rings. The number of carboxylic acid groups (broad SMARTS) is 1. The summed E-state index contributed by atoms with van der Waals surface area (Å²) in [7, 11) is 0. The second-order valence-corrected chi connectivity index (χ2v) is 4.61. The lowest BCUT2D eigenvalue weighted by Gasteiger charge is -2.09. The molecule has 1 rings (SSSR count). The molecule has 6 nitrogen and oxygen atoms in total. The second-order valence-electron chi connectivity index (χ2n) is 4.07. The maximum absolute atomic E-state index is 11.1. The van der Waals surface area contributed by atoms with E-state index in [1.807, 2.05) is 30.3 Å². The van der Waals surface area contributed by atoms with Crippen LogP contribution in [-0.2, 0) is 20.9 Å². The third-order valence-corrected chi connectivity index (χ3v) is 2.81. The van der Waals surface area contributed by atoms with E-state index < -0.39 is 18.1 Å². The molecule has 1 aromatic rings. The van der Waals surface area contributed by atoms with Gasteiger partial charge in [0, 0.05) is 0 Å². The van der Waals surface area contributed by atoms with Crippen LogP contribution >= 0.6 is 23.2 Å². The average Bonchev–Trinajstić information content (AvgIpc) is 2.53. The van der Waals surface area contributed by atoms with Crippen LogP contribution in [0.5, 0.6) is 0 Å². The fraction of sp³-hybridized carbons (Fsp3) is 0.357. The Kier molecular flexibility index (Phi) is 10.9. The third kappa shape index (κ3) is 10.0. The lowest BCUT2D eigenvalue weighted by molar-refractivity contribution is -0.138. The van der Waals surface area contributed by atoms with Crippen LogP contribution in [0.2, 0.25) is 0 Å². The number of hydrogen-bond acceptors (Lipinski definition) is 4. The molecule has 2 N–H and O–H groups in total. The van der Waals surface area contributed by atoms with E-state index in [0.29, 0.717) is 0 Å². The van der Waals surface area contributed by atoms with Gasteiger partial charge >= 0.3 is 12.1 Å². The van der Waals surface area contributed by atoms with Gasteiger partial charge in [-0.05, 0) is 12.5 Å². The van der Waals surface area contributed by atoms with Crippen LogP contribution in [0.25, 0.3) is 0 Å². The van der Waals surface area contributed by atoms with Crippen molar-refractivity contribution in [3.8, 4) is 0 Å². The fourth-order valence-corrected chi connectivity index (χ4v) is 1.32. The summed E-state index contributed by atoms with van der Waals surface area (Å²) < 4.78 is 4.84. The summed E-state index contributed by atoms with van der Waals surface area (Å²) in [6.07, 6.45) is -0.737. The van der Waals surface area contributed by atoms with Crippen molar-refractivity contribution in [2.24, 2.45) is 0 Å². The van der Waals surface area contributed by atoms with Crippen LogP contribution < -0.4 is 5.32 Å². The number of alkyl halides is 2. The molecular weight excluding hydrogens is 333 g/mol. The molecule has 0 heterocycles. The van der Waals surface area contributed by atoms with Gasteiger partial charge in [-0.2, -0.15) is 0 Å². The van der Waals surface area contributed by atoms with E-state index in [1.54, 1.807) is 0 Å². The molecule has 1 atom stereocenters. The van der Waals surface area contributed by atoms with Crippen molar-refractivity contribution in [1.29, 1.82) is 0 Å². The highest BCUT2D eigenvalue weighted by Gasteiger charge is 2.14. The topological polar surface area (TPSA) is 92.7 Å². The van der Waals surface area contributed by atoms with Gasteiger partial charge in [0.1, 0.15) is 12.6 Å². The van der Waals surface area contributed by atoms with Gasteiger partial charge in [-0.3, -0.25) is 9.59 Å². The maximum Gasteiger partial charge on any atom is 0.408 e. The molecule has 0 aliphatic rings. The number of carbonyl (C=O) groups excluding carboxylic acids is 2. The quantitative estimate of drug-likeness (QED) is 0.769. The van der Waals surface area contributed by atoms with Gasteiger partial charge in [0.15, 0.2) is 5.78 Å². The number of rotatable bonds is 6. The molecule has 122 valence electrons. The lowest BCUT2D eigenvalue weighted by Crippen LogP contribution is -2.38. The van der Waals surface area contributed by atoms with Gasteiger partial charge in [-0.25, -0.2) is 4.79 Å². The Hall–Kier alpha value is -1.79. The van der Waals surface area contributed by atoms with E-state index in [0.717, 1.165) is 5.56 Å². The number of aliphatic carboxylic acids is 1. The van der Waals surface area contributed by atoms with Crippen molar-refractivity contribution in [2.45, 2.75) is 19.6 Å². The van der Waals surface area contributed by atoms with E-state index >= 15 is 0 Å². The van der Waals surface area contributed by atoms with Crippen LogP contribution in [0.1, 0.15) is 12.5 Å². The lowest BCUT2D eigenvalue weighted by atomic mass is 10.2. The smallest absolute Gasteiger partial charge is 0.408 e. The summed E-state index contributed by atoms with van der Waals surface area (Å²) in [6.45, 7) is 1.49. The summed E-state index contributed by atoms with van der Waals surface area (Å²) in [5.41, 5.74) is 0.848. The zero-order chi connectivity index (χ0) is 17.0. The van der Waals surface area contributed by atoms with Crippen molar-refractivity contribution >= 4 is 41.0 Å². The second kappa shape index (κ2) is 11.8. The first kappa shape index (κ1) is 20.2. The van der Waals surface area contributed by atoms with Gasteiger partial charge < -0.3 is 15.2 Å². The molecule has 0 bridgehead atoms. The van der Waals surface area contributed by atoms with E-state index in [-0.39, 0.29) is 24.2 Å². The summed E-state index contributed by atoms with van der Waals surface area (Å²) in [4.78, 5) is 31.5. The third-order valence-electron chi connectivity index (χ3n) is 2.22. The standard InChI is InChI=1S/C11H13NO4.C3H4Cl2O/c1-8(10(13)14)12-11(15)16-7-9-5-3-2-4-6-9;4-1-3(6)2-5/h2-6,8H,7H2,1H3,(H,12,15)(H,13,14);1-2H2. The SMILES string of the molecule is CC(NC(=O)OCc1ccccc1)C(=O)O.O=C(CCl)CCl. The molecule has 1 unspecified atom stereocenters. The van der Waals surface area contributed by atoms with Gasteiger partial charge in [0.2, 0.25) is 0 Å². The number of carbonyl (C=O) groups is 3. The summed E-state index contributed by atoms with van der Waals surface area (Å²) in [5.74, 6) is -1.16. The monoisotopic (exact) mass is 349 g/mol. The molecule has 1 aromatic carbocycles. The van der Waals surface area contributed by atoms with E-state index in [2.05, 4.69) is 5.32 Å². The largest absolute Gasteiger partial charge is 0.480 e. The number of carboxylic acids is 1. The van der Waals surface area contributed by atoms with Crippen LogP contribution in [0.3, 0.4) is 0 Å². The number of ether oxygens (including phenoxy) is 1. The molecule has 8 heteroatoms. The van der Waals surface area contributed by atoms with E-state index in [1.165, 1.54) is 6.92 Å². The van der Waals surface area contributed by atoms with Gasteiger partial charge in [0.25, 0.3) is 0 Å². The molecule has 22 heavy (non-hydrogen) atoms. The predicted octanol–water partition coefficient (Wildman–Crippen LogP) is 2.42. The van der Waals surface area contributed by atoms with Crippen LogP contribution in [0.4, 0.5) is 4.79 Å². The molecule has 1 amide bonds. The minimum absolute atomic E-state index is 0.0312. The number of Topliss-reactive ketones (excluding diaryl/α,β-unsaturated/α-hetero) is 1. The van der Waals surface area contributed by atoms with Gasteiger partial charge in [-0.1, -0.05) is 30.3 Å². The molecule has 0 spiro atoms. The minimum atomic E-state index is -1.10. The van der Waals surface area contributed by atoms with Crippen molar-refractivity contribution in [3.63, 3.8) is 0 Å². The first-order chi connectivity index (χ1) is 10.4. The number of nitrogens with one attached hydrogen (secondary N) is 1. The Bertz CT molecular complexity index is 475. The Morgan fingerprint density at radius 3 is 2.14 bits per heavy atom. The summed E-state index contributed by atoms with van der Waals surface area (Å²) in [6, 6.07) is 8.19. The Morgan fingerprint density at radius 2 is 1.73 bits per heavy atom. The molecule has 0 saturated carbocycles. The minimum Gasteiger partial charge on any atom is -0.480 e. The highest BCUT2D eigenvalue weighted by molar-refractivity contribution is 6.35. The summed E-state index contributed by atoms with van der Waals surface area (Å²) in [5, 5.41) is 10.7. The fourth-order valence-electron chi connectivity index (χ4n) is 1.04. The van der Waals surface area contributed by atoms with Crippen molar-refractivity contribution in [1.82, 2.24) is 5.32 Å². The highest BCUT2D eigenvalue weighted by atomic mass is 35.5. The van der Waals surface area contributed by atoms with Crippen LogP contribution in [0.15, 0.2) is 30.3 Å². The average molecular weight is 350 g/mol. The Balaban J connectivity index is 0.000000626. The molecule has 0 radical (unpaired) electrons. The molecular formula is C14H17Cl2NO5. The van der Waals surface area contributed by atoms with Crippen molar-refractivity contribution in [2.75, 3.05) is 11.8 Å². The molecule has 0 saturated heterocycles. The normalized spacial score (nSPS) is 10.7. The Labute approximate surface area is 138 Å². The van der Waals surface area contributed by atoms with Crippen molar-refractivity contribution < 1.29 is 24.2 Å². The number of halogens is 2. The van der Waals surface area contributed by atoms with E-state index in [4.69, 9.17) is 33.0 Å². The van der Waals surface area contributed by atoms with Crippen LogP contribution in [-0.4, -0.2) is 40.8 Å². The number of benzene rings is 1. The van der Waals surface area contributed by atoms with E-state index in [9.17, 15) is 14.4 Å². The zero-order valence-corrected chi connectivity index (χ0v) is 13.4. The number of amides is 1. The molecule has 0 aromatic heterocycles. The molecule has 0 aliphatic carbocycles. The van der Waals surface area contributed by atoms with Crippen LogP contribution in [0, 0.1) is 0 Å². The number of hydrogen-bond donors (Lipinski definition) is 2. The Morgan fingerprint density at radius 1 is 1.18 bits per heavy atom. The predicted molar refractivity (Wildman–Crippen MR) is 83.3 cm³/mol. The first-order valence-corrected chi connectivity index (χ1v) is 7.31. The van der Waals surface area contributed by atoms with Gasteiger partial charge in [0.05, 0.1) is 11.8 Å². The molecule has 0 aliphatic heterocycles. The van der Waals surface area contributed by atoms with Crippen molar-refractivity contribution in [3.05, 3.63) is 35.9 Å². The summed E-state index contributed by atoms with van der Waals surface area (Å²) >= 11 is 10.0. The number of ketones is 1. The van der Waals surface area contributed by atoms with Gasteiger partial charge in [-0.15, -0.1) is 23.2 Å². The highest BCUT2D eigenvalue weighted by Crippen LogP contribution is 2.00.